The lowest BCUT2D eigenvalue weighted by Gasteiger charge is -2.35. The number of hydrogen-bond acceptors (Lipinski definition) is 4. The zero-order valence-electron chi connectivity index (χ0n) is 11.6. The summed E-state index contributed by atoms with van der Waals surface area (Å²) in [5, 5.41) is 9.05. The molecule has 21 heavy (non-hydrogen) atoms. The molecule has 1 aliphatic heterocycles. The van der Waals surface area contributed by atoms with Gasteiger partial charge < -0.3 is 9.84 Å². The van der Waals surface area contributed by atoms with Crippen LogP contribution in [0.3, 0.4) is 0 Å². The molecular weight excluding hydrogens is 318 g/mol. The van der Waals surface area contributed by atoms with E-state index in [1.54, 1.807) is 13.8 Å². The molecule has 0 spiro atoms. The molecule has 1 fully saturated rings. The number of halogens is 1. The van der Waals surface area contributed by atoms with Gasteiger partial charge in [-0.2, -0.15) is 4.31 Å². The van der Waals surface area contributed by atoms with Gasteiger partial charge in [0.25, 0.3) is 0 Å². The van der Waals surface area contributed by atoms with Gasteiger partial charge in [0.05, 0.1) is 28.2 Å². The Hall–Kier alpha value is -1.15. The topological polar surface area (TPSA) is 83.9 Å². The third-order valence-corrected chi connectivity index (χ3v) is 5.63. The molecule has 1 N–H and O–H groups in total. The first-order chi connectivity index (χ1) is 9.73. The zero-order chi connectivity index (χ0) is 15.8. The maximum Gasteiger partial charge on any atom is 0.337 e. The average molecular weight is 334 g/mol. The first-order valence-corrected chi connectivity index (χ1v) is 8.21. The van der Waals surface area contributed by atoms with E-state index < -0.39 is 16.0 Å². The van der Waals surface area contributed by atoms with Gasteiger partial charge in [-0.15, -0.1) is 0 Å². The van der Waals surface area contributed by atoms with Crippen LogP contribution in [0.15, 0.2) is 23.1 Å². The van der Waals surface area contributed by atoms with Crippen molar-refractivity contribution in [2.24, 2.45) is 0 Å². The summed E-state index contributed by atoms with van der Waals surface area (Å²) < 4.78 is 32.1. The Kier molecular flexibility index (Phi) is 4.57. The van der Waals surface area contributed by atoms with E-state index in [1.807, 2.05) is 0 Å². The van der Waals surface area contributed by atoms with E-state index in [0.717, 1.165) is 6.07 Å². The first-order valence-electron chi connectivity index (χ1n) is 6.39. The monoisotopic (exact) mass is 333 g/mol. The molecule has 1 aliphatic rings. The zero-order valence-corrected chi connectivity index (χ0v) is 13.2. The number of carboxylic acids is 1. The van der Waals surface area contributed by atoms with Crippen molar-refractivity contribution < 1.29 is 23.1 Å². The number of nitrogens with zero attached hydrogens (tertiary/aromatic N) is 1. The van der Waals surface area contributed by atoms with Crippen LogP contribution in [-0.2, 0) is 14.8 Å². The maximum absolute atomic E-state index is 12.7. The number of morpholine rings is 1. The molecule has 2 unspecified atom stereocenters. The van der Waals surface area contributed by atoms with Gasteiger partial charge in [-0.3, -0.25) is 0 Å². The van der Waals surface area contributed by atoms with Crippen molar-refractivity contribution in [2.75, 3.05) is 13.2 Å². The van der Waals surface area contributed by atoms with Crippen molar-refractivity contribution in [3.05, 3.63) is 28.8 Å². The molecule has 0 amide bonds. The molecule has 2 rings (SSSR count). The van der Waals surface area contributed by atoms with Crippen molar-refractivity contribution >= 4 is 27.6 Å². The Morgan fingerprint density at radius 1 is 1.43 bits per heavy atom. The fraction of sp³-hybridized carbons (Fsp3) is 0.462. The van der Waals surface area contributed by atoms with E-state index >= 15 is 0 Å². The molecule has 6 nitrogen and oxygen atoms in total. The van der Waals surface area contributed by atoms with Gasteiger partial charge >= 0.3 is 5.97 Å². The summed E-state index contributed by atoms with van der Waals surface area (Å²) in [7, 11) is -3.79. The number of ether oxygens (including phenoxy) is 1. The van der Waals surface area contributed by atoms with Crippen LogP contribution in [0.25, 0.3) is 0 Å². The number of aromatic carboxylic acids is 1. The number of benzene rings is 1. The molecular formula is C13H16ClNO5S. The van der Waals surface area contributed by atoms with Gasteiger partial charge in [-0.25, -0.2) is 13.2 Å². The Bertz CT molecular complexity index is 661. The highest BCUT2D eigenvalue weighted by Crippen LogP contribution is 2.26. The Morgan fingerprint density at radius 2 is 2.10 bits per heavy atom. The van der Waals surface area contributed by atoms with Gasteiger partial charge in [0, 0.05) is 12.6 Å². The molecule has 2 atom stereocenters. The number of rotatable bonds is 3. The van der Waals surface area contributed by atoms with Crippen LogP contribution in [0, 0.1) is 0 Å². The highest BCUT2D eigenvalue weighted by atomic mass is 35.5. The summed E-state index contributed by atoms with van der Waals surface area (Å²) in [6.45, 7) is 4.07. The maximum atomic E-state index is 12.7. The second-order valence-electron chi connectivity index (χ2n) is 5.01. The van der Waals surface area contributed by atoms with Crippen LogP contribution >= 0.6 is 11.6 Å². The molecule has 1 aromatic rings. The fourth-order valence-corrected chi connectivity index (χ4v) is 4.09. The quantitative estimate of drug-likeness (QED) is 0.912. The normalized spacial score (nSPS) is 24.0. The molecule has 116 valence electrons. The van der Waals surface area contributed by atoms with Crippen LogP contribution < -0.4 is 0 Å². The molecule has 0 bridgehead atoms. The highest BCUT2D eigenvalue weighted by molar-refractivity contribution is 7.89. The lowest BCUT2D eigenvalue weighted by molar-refractivity contribution is -0.0170. The van der Waals surface area contributed by atoms with E-state index in [2.05, 4.69) is 0 Å². The highest BCUT2D eigenvalue weighted by Gasteiger charge is 2.34. The van der Waals surface area contributed by atoms with Gasteiger partial charge in [0.15, 0.2) is 0 Å². The Labute approximate surface area is 128 Å². The van der Waals surface area contributed by atoms with Crippen molar-refractivity contribution in [2.45, 2.75) is 30.9 Å². The molecule has 0 aromatic heterocycles. The third kappa shape index (κ3) is 3.21. The number of sulfonamides is 1. The standard InChI is InChI=1S/C13H16ClNO5S/c1-8-7-20-9(2)6-15(8)21(18,19)10-3-4-12(14)11(5-10)13(16)17/h3-5,8-9H,6-7H2,1-2H3,(H,16,17). The predicted molar refractivity (Wildman–Crippen MR) is 77.2 cm³/mol. The second-order valence-corrected chi connectivity index (χ2v) is 7.31. The lowest BCUT2D eigenvalue weighted by Crippen LogP contribution is -2.50. The molecule has 8 heteroatoms. The van der Waals surface area contributed by atoms with E-state index in [-0.39, 0.29) is 34.2 Å². The van der Waals surface area contributed by atoms with Gasteiger partial charge in [0.1, 0.15) is 0 Å². The van der Waals surface area contributed by atoms with E-state index in [1.165, 1.54) is 16.4 Å². The lowest BCUT2D eigenvalue weighted by atomic mass is 10.2. The van der Waals surface area contributed by atoms with Gasteiger partial charge in [0.2, 0.25) is 10.0 Å². The molecule has 0 aliphatic carbocycles. The van der Waals surface area contributed by atoms with Crippen LogP contribution in [0.4, 0.5) is 0 Å². The van der Waals surface area contributed by atoms with Crippen LogP contribution in [0.1, 0.15) is 24.2 Å². The van der Waals surface area contributed by atoms with E-state index in [9.17, 15) is 13.2 Å². The number of carbonyl (C=O) groups is 1. The molecule has 1 saturated heterocycles. The third-order valence-electron chi connectivity index (χ3n) is 3.33. The van der Waals surface area contributed by atoms with Crippen LogP contribution in [-0.4, -0.2) is 49.1 Å². The minimum absolute atomic E-state index is 0.00449. The summed E-state index contributed by atoms with van der Waals surface area (Å²) in [5.41, 5.74) is -0.230. The summed E-state index contributed by atoms with van der Waals surface area (Å²) in [4.78, 5) is 11.0. The molecule has 1 heterocycles. The number of carboxylic acid groups (broad SMARTS) is 1. The van der Waals surface area contributed by atoms with Crippen LogP contribution in [0.5, 0.6) is 0 Å². The van der Waals surface area contributed by atoms with Crippen molar-refractivity contribution in [1.29, 1.82) is 0 Å². The van der Waals surface area contributed by atoms with Gasteiger partial charge in [-0.05, 0) is 32.0 Å². The average Bonchev–Trinajstić information content (AvgIpc) is 2.41. The van der Waals surface area contributed by atoms with Crippen LogP contribution in [0.2, 0.25) is 5.02 Å². The van der Waals surface area contributed by atoms with E-state index in [0.29, 0.717) is 6.61 Å². The number of hydrogen-bond donors (Lipinski definition) is 1. The fourth-order valence-electron chi connectivity index (χ4n) is 2.17. The van der Waals surface area contributed by atoms with Gasteiger partial charge in [-0.1, -0.05) is 11.6 Å². The first kappa shape index (κ1) is 16.2. The summed E-state index contributed by atoms with van der Waals surface area (Å²) in [5.74, 6) is -1.26. The Morgan fingerprint density at radius 3 is 2.71 bits per heavy atom. The smallest absolute Gasteiger partial charge is 0.337 e. The minimum Gasteiger partial charge on any atom is -0.478 e. The SMILES string of the molecule is CC1CN(S(=O)(=O)c2ccc(Cl)c(C(=O)O)c2)C(C)CO1. The van der Waals surface area contributed by atoms with Crippen molar-refractivity contribution in [3.63, 3.8) is 0 Å². The van der Waals surface area contributed by atoms with Crippen molar-refractivity contribution in [1.82, 2.24) is 4.31 Å². The summed E-state index contributed by atoms with van der Waals surface area (Å²) in [6, 6.07) is 3.38. The minimum atomic E-state index is -3.79. The molecule has 0 saturated carbocycles. The second kappa shape index (κ2) is 5.92. The predicted octanol–water partition coefficient (Wildman–Crippen LogP) is 1.84. The summed E-state index contributed by atoms with van der Waals surface area (Å²) in [6.07, 6.45) is -0.206. The summed E-state index contributed by atoms with van der Waals surface area (Å²) >= 11 is 5.77. The molecule has 0 radical (unpaired) electrons. The Balaban J connectivity index is 2.44. The largest absolute Gasteiger partial charge is 0.478 e. The van der Waals surface area contributed by atoms with E-state index in [4.69, 9.17) is 21.4 Å². The molecule has 1 aromatic carbocycles. The van der Waals surface area contributed by atoms with Crippen molar-refractivity contribution in [3.8, 4) is 0 Å².